The van der Waals surface area contributed by atoms with Gasteiger partial charge in [0.25, 0.3) is 0 Å². The van der Waals surface area contributed by atoms with Gasteiger partial charge in [0.2, 0.25) is 5.91 Å². The molecule has 10 heteroatoms. The molecule has 0 spiro atoms. The van der Waals surface area contributed by atoms with Gasteiger partial charge >= 0.3 is 5.69 Å². The molecule has 0 aliphatic rings. The van der Waals surface area contributed by atoms with Gasteiger partial charge in [-0.2, -0.15) is 10.2 Å². The molecule has 0 aliphatic heterocycles. The van der Waals surface area contributed by atoms with Crippen molar-refractivity contribution in [1.82, 2.24) is 19.6 Å². The zero-order valence-electron chi connectivity index (χ0n) is 13.7. The lowest BCUT2D eigenvalue weighted by Crippen LogP contribution is -2.22. The number of carbonyl (C=O) groups excluding carboxylic acids is 1. The van der Waals surface area contributed by atoms with E-state index in [9.17, 15) is 14.9 Å². The number of hydrogen-bond acceptors (Lipinski definition) is 6. The van der Waals surface area contributed by atoms with Crippen LogP contribution >= 0.6 is 11.3 Å². The highest BCUT2D eigenvalue weighted by atomic mass is 32.1. The Balaban J connectivity index is 1.71. The molecule has 0 fully saturated rings. The van der Waals surface area contributed by atoms with Gasteiger partial charge in [-0.3, -0.25) is 19.6 Å². The third-order valence-corrected chi connectivity index (χ3v) is 4.55. The fraction of sp³-hybridized carbons (Fsp3) is 0.267. The average Bonchev–Trinajstić information content (AvgIpc) is 3.24. The quantitative estimate of drug-likeness (QED) is 0.536. The molecule has 0 unspecified atom stereocenters. The first-order chi connectivity index (χ1) is 12.0. The van der Waals surface area contributed by atoms with E-state index in [0.29, 0.717) is 18.1 Å². The van der Waals surface area contributed by atoms with Crippen molar-refractivity contribution in [2.24, 2.45) is 0 Å². The summed E-state index contributed by atoms with van der Waals surface area (Å²) in [7, 11) is 0. The fourth-order valence-electron chi connectivity index (χ4n) is 2.54. The normalized spacial score (nSPS) is 10.8. The van der Waals surface area contributed by atoms with Crippen LogP contribution in [-0.2, 0) is 17.9 Å². The lowest BCUT2D eigenvalue weighted by Gasteiger charge is -2.09. The Morgan fingerprint density at radius 1 is 1.36 bits per heavy atom. The van der Waals surface area contributed by atoms with Gasteiger partial charge in [-0.15, -0.1) is 11.3 Å². The van der Waals surface area contributed by atoms with E-state index in [2.05, 4.69) is 15.5 Å². The maximum Gasteiger partial charge on any atom is 0.312 e. The molecule has 3 heterocycles. The van der Waals surface area contributed by atoms with Crippen LogP contribution in [-0.4, -0.2) is 30.4 Å². The third kappa shape index (κ3) is 3.58. The molecule has 0 aromatic carbocycles. The average molecular weight is 360 g/mol. The van der Waals surface area contributed by atoms with E-state index >= 15 is 0 Å². The number of aryl methyl sites for hydroxylation is 1. The maximum absolute atomic E-state index is 12.3. The predicted octanol–water partition coefficient (Wildman–Crippen LogP) is 2.35. The van der Waals surface area contributed by atoms with Crippen molar-refractivity contribution in [3.63, 3.8) is 0 Å². The summed E-state index contributed by atoms with van der Waals surface area (Å²) >= 11 is 1.61. The monoisotopic (exact) mass is 360 g/mol. The predicted molar refractivity (Wildman–Crippen MR) is 92.6 cm³/mol. The zero-order chi connectivity index (χ0) is 18.0. The number of anilines is 1. The Labute approximate surface area is 147 Å². The van der Waals surface area contributed by atoms with E-state index in [1.54, 1.807) is 42.1 Å². The number of nitrogens with zero attached hydrogens (tertiary/aromatic N) is 5. The second-order valence-electron chi connectivity index (χ2n) is 5.44. The highest BCUT2D eigenvalue weighted by molar-refractivity contribution is 7.09. The Bertz CT molecular complexity index is 912. The van der Waals surface area contributed by atoms with Crippen LogP contribution in [0.5, 0.6) is 0 Å². The molecule has 0 saturated carbocycles. The topological polar surface area (TPSA) is 108 Å². The van der Waals surface area contributed by atoms with Crippen molar-refractivity contribution in [3.8, 4) is 0 Å². The second kappa shape index (κ2) is 6.85. The molecule has 3 aromatic rings. The van der Waals surface area contributed by atoms with Gasteiger partial charge in [0.05, 0.1) is 17.7 Å². The van der Waals surface area contributed by atoms with Crippen molar-refractivity contribution >= 4 is 28.7 Å². The molecule has 3 rings (SSSR count). The van der Waals surface area contributed by atoms with Crippen molar-refractivity contribution in [2.45, 2.75) is 26.9 Å². The smallest absolute Gasteiger partial charge is 0.309 e. The summed E-state index contributed by atoms with van der Waals surface area (Å²) in [4.78, 5) is 24.0. The van der Waals surface area contributed by atoms with E-state index in [0.717, 1.165) is 4.88 Å². The molecule has 130 valence electrons. The summed E-state index contributed by atoms with van der Waals surface area (Å²) in [6.45, 7) is 3.58. The highest BCUT2D eigenvalue weighted by Crippen LogP contribution is 2.21. The summed E-state index contributed by atoms with van der Waals surface area (Å²) in [5.41, 5.74) is 0.582. The molecular formula is C15H16N6O3S. The standard InChI is InChI=1S/C15H16N6O3S/c1-10-15(21(23)24)11(2)19(18-10)9-14(22)17-13-5-6-16-20(13)8-12-4-3-7-25-12/h3-7H,8-9H2,1-2H3,(H,17,22). The molecule has 25 heavy (non-hydrogen) atoms. The van der Waals surface area contributed by atoms with E-state index in [1.165, 1.54) is 4.68 Å². The number of nitro groups is 1. The first-order valence-corrected chi connectivity index (χ1v) is 8.36. The summed E-state index contributed by atoms with van der Waals surface area (Å²) in [5, 5.41) is 24.1. The second-order valence-corrected chi connectivity index (χ2v) is 6.47. The summed E-state index contributed by atoms with van der Waals surface area (Å²) in [6.07, 6.45) is 1.61. The van der Waals surface area contributed by atoms with E-state index in [4.69, 9.17) is 0 Å². The third-order valence-electron chi connectivity index (χ3n) is 3.69. The summed E-state index contributed by atoms with van der Waals surface area (Å²) in [5.74, 6) is 0.239. The molecule has 0 bridgehead atoms. The SMILES string of the molecule is Cc1nn(CC(=O)Nc2ccnn2Cc2cccs2)c(C)c1[N+](=O)[O-]. The van der Waals surface area contributed by atoms with Crippen LogP contribution in [0.2, 0.25) is 0 Å². The van der Waals surface area contributed by atoms with Crippen LogP contribution in [0.15, 0.2) is 29.8 Å². The number of hydrogen-bond donors (Lipinski definition) is 1. The van der Waals surface area contributed by atoms with Crippen LogP contribution in [0.1, 0.15) is 16.3 Å². The van der Waals surface area contributed by atoms with Gasteiger partial charge < -0.3 is 5.32 Å². The molecule has 1 N–H and O–H groups in total. The Kier molecular flexibility index (Phi) is 4.61. The molecule has 3 aromatic heterocycles. The lowest BCUT2D eigenvalue weighted by molar-refractivity contribution is -0.386. The zero-order valence-corrected chi connectivity index (χ0v) is 14.5. The minimum absolute atomic E-state index is 0.0597. The molecule has 0 aliphatic carbocycles. The minimum Gasteiger partial charge on any atom is -0.309 e. The molecule has 9 nitrogen and oxygen atoms in total. The first-order valence-electron chi connectivity index (χ1n) is 7.48. The van der Waals surface area contributed by atoms with Crippen LogP contribution < -0.4 is 5.32 Å². The molecule has 1 amide bonds. The lowest BCUT2D eigenvalue weighted by atomic mass is 10.3. The van der Waals surface area contributed by atoms with E-state index in [1.807, 2.05) is 17.5 Å². The summed E-state index contributed by atoms with van der Waals surface area (Å²) in [6, 6.07) is 5.65. The number of carbonyl (C=O) groups is 1. The highest BCUT2D eigenvalue weighted by Gasteiger charge is 2.23. The van der Waals surface area contributed by atoms with Crippen molar-refractivity contribution in [2.75, 3.05) is 5.32 Å². The number of aromatic nitrogens is 4. The number of amides is 1. The van der Waals surface area contributed by atoms with Crippen molar-refractivity contribution < 1.29 is 9.72 Å². The maximum atomic E-state index is 12.3. The van der Waals surface area contributed by atoms with E-state index < -0.39 is 4.92 Å². The molecule has 0 atom stereocenters. The van der Waals surface area contributed by atoms with Gasteiger partial charge in [0.1, 0.15) is 23.8 Å². The first kappa shape index (κ1) is 16.8. The fourth-order valence-corrected chi connectivity index (χ4v) is 3.22. The minimum atomic E-state index is -0.484. The Morgan fingerprint density at radius 3 is 2.80 bits per heavy atom. The van der Waals surface area contributed by atoms with Gasteiger partial charge in [-0.25, -0.2) is 4.68 Å². The van der Waals surface area contributed by atoms with Crippen molar-refractivity contribution in [3.05, 3.63) is 56.2 Å². The number of nitrogens with one attached hydrogen (secondary N) is 1. The van der Waals surface area contributed by atoms with Crippen molar-refractivity contribution in [1.29, 1.82) is 0 Å². The molecular weight excluding hydrogens is 344 g/mol. The van der Waals surface area contributed by atoms with Crippen LogP contribution in [0, 0.1) is 24.0 Å². The number of rotatable bonds is 6. The summed E-state index contributed by atoms with van der Waals surface area (Å²) < 4.78 is 3.02. The van der Waals surface area contributed by atoms with Gasteiger partial charge in [-0.05, 0) is 25.3 Å². The van der Waals surface area contributed by atoms with Gasteiger partial charge in [0.15, 0.2) is 0 Å². The van der Waals surface area contributed by atoms with Crippen LogP contribution in [0.4, 0.5) is 11.5 Å². The Morgan fingerprint density at radius 2 is 2.16 bits per heavy atom. The van der Waals surface area contributed by atoms with Crippen LogP contribution in [0.3, 0.4) is 0 Å². The molecule has 0 saturated heterocycles. The number of thiophene rings is 1. The largest absolute Gasteiger partial charge is 0.312 e. The molecule has 0 radical (unpaired) electrons. The Hall–Kier alpha value is -3.01. The van der Waals surface area contributed by atoms with Gasteiger partial charge in [0, 0.05) is 10.9 Å². The van der Waals surface area contributed by atoms with E-state index in [-0.39, 0.29) is 23.8 Å². The van der Waals surface area contributed by atoms with Gasteiger partial charge in [-0.1, -0.05) is 6.07 Å². The van der Waals surface area contributed by atoms with Crippen LogP contribution in [0.25, 0.3) is 0 Å².